The molecule has 1 unspecified atom stereocenters. The van der Waals surface area contributed by atoms with E-state index in [1.165, 1.54) is 30.3 Å². The Hall–Kier alpha value is -3.20. The van der Waals surface area contributed by atoms with E-state index in [4.69, 9.17) is 15.2 Å². The SMILES string of the molecule is CCOC(=O)c1cccc(C(C(N)=O)S(=O)(=O)c2ccccc2C)c1C(=O)OCC. The van der Waals surface area contributed by atoms with Gasteiger partial charge in [-0.15, -0.1) is 0 Å². The number of amides is 1. The summed E-state index contributed by atoms with van der Waals surface area (Å²) in [5, 5.41) is -1.91. The fourth-order valence-electron chi connectivity index (χ4n) is 3.07. The molecule has 0 radical (unpaired) electrons. The molecule has 0 aliphatic heterocycles. The summed E-state index contributed by atoms with van der Waals surface area (Å²) in [6.45, 7) is 4.72. The topological polar surface area (TPSA) is 130 Å². The van der Waals surface area contributed by atoms with Crippen LogP contribution in [0.5, 0.6) is 0 Å². The van der Waals surface area contributed by atoms with Crippen molar-refractivity contribution in [2.45, 2.75) is 30.9 Å². The molecule has 0 spiro atoms. The second-order valence-electron chi connectivity index (χ2n) is 6.30. The molecule has 0 heterocycles. The van der Waals surface area contributed by atoms with Gasteiger partial charge in [0.25, 0.3) is 0 Å². The number of sulfone groups is 1. The summed E-state index contributed by atoms with van der Waals surface area (Å²) in [5.74, 6) is -2.99. The Morgan fingerprint density at radius 2 is 1.53 bits per heavy atom. The van der Waals surface area contributed by atoms with Crippen LogP contribution in [0.1, 0.15) is 50.9 Å². The van der Waals surface area contributed by atoms with Crippen molar-refractivity contribution in [1.82, 2.24) is 0 Å². The maximum atomic E-state index is 13.4. The molecular formula is C21H23NO7S. The zero-order valence-corrected chi connectivity index (χ0v) is 17.7. The number of esters is 2. The molecule has 0 saturated heterocycles. The molecule has 1 amide bonds. The smallest absolute Gasteiger partial charge is 0.339 e. The summed E-state index contributed by atoms with van der Waals surface area (Å²) in [6.07, 6.45) is 0. The second-order valence-corrected chi connectivity index (χ2v) is 8.30. The van der Waals surface area contributed by atoms with Gasteiger partial charge in [-0.25, -0.2) is 18.0 Å². The molecule has 0 aliphatic rings. The molecule has 0 aliphatic carbocycles. The number of benzene rings is 2. The minimum Gasteiger partial charge on any atom is -0.462 e. The van der Waals surface area contributed by atoms with Crippen molar-refractivity contribution in [2.75, 3.05) is 13.2 Å². The number of carbonyl (C=O) groups excluding carboxylic acids is 3. The van der Waals surface area contributed by atoms with Gasteiger partial charge in [0.2, 0.25) is 5.91 Å². The maximum absolute atomic E-state index is 13.4. The van der Waals surface area contributed by atoms with E-state index in [1.54, 1.807) is 32.9 Å². The lowest BCUT2D eigenvalue weighted by Gasteiger charge is -2.20. The maximum Gasteiger partial charge on any atom is 0.339 e. The summed E-state index contributed by atoms with van der Waals surface area (Å²) >= 11 is 0. The van der Waals surface area contributed by atoms with Gasteiger partial charge >= 0.3 is 11.9 Å². The van der Waals surface area contributed by atoms with Gasteiger partial charge in [0.15, 0.2) is 15.1 Å². The molecule has 8 nitrogen and oxygen atoms in total. The zero-order chi connectivity index (χ0) is 22.5. The normalized spacial score (nSPS) is 12.1. The van der Waals surface area contributed by atoms with Crippen LogP contribution in [-0.4, -0.2) is 39.5 Å². The Morgan fingerprint density at radius 3 is 2.10 bits per heavy atom. The second kappa shape index (κ2) is 9.53. The fourth-order valence-corrected chi connectivity index (χ4v) is 4.95. The summed E-state index contributed by atoms with van der Waals surface area (Å²) in [4.78, 5) is 37.3. The molecule has 2 aromatic rings. The largest absolute Gasteiger partial charge is 0.462 e. The lowest BCUT2D eigenvalue weighted by Crippen LogP contribution is -2.31. The van der Waals surface area contributed by atoms with E-state index in [2.05, 4.69) is 0 Å². The molecule has 0 saturated carbocycles. The zero-order valence-electron chi connectivity index (χ0n) is 16.9. The van der Waals surface area contributed by atoms with Gasteiger partial charge in [0.05, 0.1) is 29.2 Å². The van der Waals surface area contributed by atoms with Crippen molar-refractivity contribution in [3.05, 3.63) is 64.7 Å². The predicted octanol–water partition coefficient (Wildman–Crippen LogP) is 2.35. The number of ether oxygens (including phenoxy) is 2. The Labute approximate surface area is 174 Å². The van der Waals surface area contributed by atoms with Gasteiger partial charge in [-0.05, 0) is 44.0 Å². The average Bonchev–Trinajstić information content (AvgIpc) is 2.68. The van der Waals surface area contributed by atoms with E-state index >= 15 is 0 Å². The third kappa shape index (κ3) is 4.51. The van der Waals surface area contributed by atoms with Crippen LogP contribution in [0.3, 0.4) is 0 Å². The Kier molecular flexibility index (Phi) is 7.33. The highest BCUT2D eigenvalue weighted by atomic mass is 32.2. The molecule has 2 aromatic carbocycles. The summed E-state index contributed by atoms with van der Waals surface area (Å²) in [5.41, 5.74) is 5.08. The summed E-state index contributed by atoms with van der Waals surface area (Å²) in [6, 6.07) is 10.0. The number of aryl methyl sites for hydroxylation is 1. The first-order chi connectivity index (χ1) is 14.2. The van der Waals surface area contributed by atoms with Crippen LogP contribution in [0.2, 0.25) is 0 Å². The van der Waals surface area contributed by atoms with Crippen molar-refractivity contribution >= 4 is 27.7 Å². The Balaban J connectivity index is 2.82. The van der Waals surface area contributed by atoms with Gasteiger partial charge in [0.1, 0.15) is 0 Å². The number of nitrogens with two attached hydrogens (primary N) is 1. The fraction of sp³-hybridized carbons (Fsp3) is 0.286. The monoisotopic (exact) mass is 433 g/mol. The number of rotatable bonds is 8. The molecule has 9 heteroatoms. The van der Waals surface area contributed by atoms with Crippen molar-refractivity contribution in [1.29, 1.82) is 0 Å². The minimum absolute atomic E-state index is 0.0266. The van der Waals surface area contributed by atoms with Gasteiger partial charge in [0, 0.05) is 0 Å². The summed E-state index contributed by atoms with van der Waals surface area (Å²) < 4.78 is 36.7. The highest BCUT2D eigenvalue weighted by molar-refractivity contribution is 7.92. The van der Waals surface area contributed by atoms with Crippen molar-refractivity contribution in [3.8, 4) is 0 Å². The van der Waals surface area contributed by atoms with Crippen molar-refractivity contribution < 1.29 is 32.3 Å². The first-order valence-electron chi connectivity index (χ1n) is 9.22. The molecular weight excluding hydrogens is 410 g/mol. The molecule has 2 N–H and O–H groups in total. The highest BCUT2D eigenvalue weighted by Crippen LogP contribution is 2.34. The first-order valence-corrected chi connectivity index (χ1v) is 10.8. The Bertz CT molecular complexity index is 1080. The number of primary amides is 1. The van der Waals surface area contributed by atoms with Crippen LogP contribution in [-0.2, 0) is 24.1 Å². The Morgan fingerprint density at radius 1 is 0.933 bits per heavy atom. The molecule has 0 aromatic heterocycles. The molecule has 1 atom stereocenters. The van der Waals surface area contributed by atoms with Crippen LogP contribution in [0.25, 0.3) is 0 Å². The van der Waals surface area contributed by atoms with E-state index in [-0.39, 0.29) is 34.8 Å². The minimum atomic E-state index is -4.34. The first kappa shape index (κ1) is 23.1. The third-order valence-electron chi connectivity index (χ3n) is 4.32. The van der Waals surface area contributed by atoms with Crippen molar-refractivity contribution in [2.24, 2.45) is 5.73 Å². The van der Waals surface area contributed by atoms with E-state index in [0.717, 1.165) is 0 Å². The summed E-state index contributed by atoms with van der Waals surface area (Å²) in [7, 11) is -4.34. The number of hydrogen-bond acceptors (Lipinski definition) is 7. The van der Waals surface area contributed by atoms with Gasteiger partial charge in [-0.2, -0.15) is 0 Å². The molecule has 0 bridgehead atoms. The van der Waals surface area contributed by atoms with E-state index in [1.807, 2.05) is 0 Å². The quantitative estimate of drug-likeness (QED) is 0.632. The van der Waals surface area contributed by atoms with Crippen LogP contribution >= 0.6 is 0 Å². The lowest BCUT2D eigenvalue weighted by atomic mass is 9.98. The van der Waals surface area contributed by atoms with Crippen LogP contribution in [0.15, 0.2) is 47.4 Å². The third-order valence-corrected chi connectivity index (χ3v) is 6.50. The van der Waals surface area contributed by atoms with Gasteiger partial charge in [-0.3, -0.25) is 4.79 Å². The number of carbonyl (C=O) groups is 3. The molecule has 2 rings (SSSR count). The van der Waals surface area contributed by atoms with Crippen LogP contribution < -0.4 is 5.73 Å². The van der Waals surface area contributed by atoms with E-state index in [0.29, 0.717) is 5.56 Å². The van der Waals surface area contributed by atoms with E-state index in [9.17, 15) is 22.8 Å². The highest BCUT2D eigenvalue weighted by Gasteiger charge is 2.39. The van der Waals surface area contributed by atoms with E-state index < -0.39 is 32.9 Å². The standard InChI is InChI=1S/C21H23NO7S/c1-4-28-20(24)15-11-8-10-14(17(15)21(25)29-5-2)18(19(22)23)30(26,27)16-12-7-6-9-13(16)3/h6-12,18H,4-5H2,1-3H3,(H2,22,23). The molecule has 0 fully saturated rings. The molecule has 160 valence electrons. The van der Waals surface area contributed by atoms with Gasteiger partial charge in [-0.1, -0.05) is 30.3 Å². The molecule has 30 heavy (non-hydrogen) atoms. The van der Waals surface area contributed by atoms with Crippen LogP contribution in [0.4, 0.5) is 0 Å². The predicted molar refractivity (Wildman–Crippen MR) is 109 cm³/mol. The van der Waals surface area contributed by atoms with Gasteiger partial charge < -0.3 is 15.2 Å². The number of hydrogen-bond donors (Lipinski definition) is 1. The van der Waals surface area contributed by atoms with Crippen molar-refractivity contribution in [3.63, 3.8) is 0 Å². The van der Waals surface area contributed by atoms with Crippen LogP contribution in [0, 0.1) is 6.92 Å². The average molecular weight is 433 g/mol. The lowest BCUT2D eigenvalue weighted by molar-refractivity contribution is -0.117.